The molecular formula is C14H12N4O3S2. The van der Waals surface area contributed by atoms with E-state index in [1.807, 2.05) is 30.3 Å². The topological polar surface area (TPSA) is 112 Å². The molecule has 7 nitrogen and oxygen atoms in total. The Bertz CT molecular complexity index is 949. The Kier molecular flexibility index (Phi) is 3.29. The van der Waals surface area contributed by atoms with Crippen LogP contribution in [0.3, 0.4) is 0 Å². The van der Waals surface area contributed by atoms with E-state index in [0.717, 1.165) is 28.3 Å². The Morgan fingerprint density at radius 3 is 2.70 bits per heavy atom. The molecule has 0 bridgehead atoms. The molecule has 2 aromatic heterocycles. The maximum absolute atomic E-state index is 11.3. The van der Waals surface area contributed by atoms with Crippen LogP contribution in [0.1, 0.15) is 29.2 Å². The van der Waals surface area contributed by atoms with Crippen LogP contribution in [0.15, 0.2) is 45.3 Å². The number of primary sulfonamides is 1. The first kappa shape index (κ1) is 14.5. The number of nitrogens with zero attached hydrogens (tertiary/aromatic N) is 3. The first-order valence-corrected chi connectivity index (χ1v) is 9.26. The van der Waals surface area contributed by atoms with Crippen molar-refractivity contribution in [2.75, 3.05) is 0 Å². The molecule has 0 aliphatic heterocycles. The third kappa shape index (κ3) is 2.78. The second kappa shape index (κ2) is 5.22. The van der Waals surface area contributed by atoms with Crippen molar-refractivity contribution in [2.24, 2.45) is 5.14 Å². The Morgan fingerprint density at radius 2 is 2.00 bits per heavy atom. The summed E-state index contributed by atoms with van der Waals surface area (Å²) in [6.07, 6.45) is 2.11. The number of nitrogens with two attached hydrogens (primary N) is 1. The van der Waals surface area contributed by atoms with Crippen LogP contribution < -0.4 is 5.14 Å². The maximum atomic E-state index is 11.3. The predicted molar refractivity (Wildman–Crippen MR) is 83.3 cm³/mol. The molecule has 0 unspecified atom stereocenters. The molecule has 2 atom stereocenters. The summed E-state index contributed by atoms with van der Waals surface area (Å²) in [5.74, 6) is 1.30. The van der Waals surface area contributed by atoms with Gasteiger partial charge >= 0.3 is 0 Å². The molecule has 4 rings (SSSR count). The van der Waals surface area contributed by atoms with Crippen LogP contribution in [-0.2, 0) is 10.0 Å². The highest BCUT2D eigenvalue weighted by atomic mass is 32.2. The minimum absolute atomic E-state index is 0.0775. The van der Waals surface area contributed by atoms with E-state index in [4.69, 9.17) is 9.66 Å². The van der Waals surface area contributed by atoms with Crippen LogP contribution in [0, 0.1) is 0 Å². The van der Waals surface area contributed by atoms with Crippen LogP contribution in [0.2, 0.25) is 0 Å². The lowest BCUT2D eigenvalue weighted by molar-refractivity contribution is 0.378. The zero-order chi connectivity index (χ0) is 16.0. The molecule has 1 fully saturated rings. The molecule has 0 spiro atoms. The average molecular weight is 348 g/mol. The Labute approximate surface area is 136 Å². The summed E-state index contributed by atoms with van der Waals surface area (Å²) in [5.41, 5.74) is 0.894. The molecule has 1 aliphatic carbocycles. The number of rotatable bonds is 4. The quantitative estimate of drug-likeness (QED) is 0.773. The van der Waals surface area contributed by atoms with Crippen molar-refractivity contribution in [3.63, 3.8) is 0 Å². The fraction of sp³-hybridized carbons (Fsp3) is 0.214. The smallest absolute Gasteiger partial charge is 0.249 e. The Hall–Kier alpha value is -2.10. The van der Waals surface area contributed by atoms with E-state index in [2.05, 4.69) is 15.1 Å². The largest absolute Gasteiger partial charge is 0.339 e. The SMILES string of the molecule is NS(=O)(=O)c1cnc([C@@H]2C[C@H]2c2nc(-c3ccccc3)no2)s1. The van der Waals surface area contributed by atoms with E-state index in [0.29, 0.717) is 11.7 Å². The highest BCUT2D eigenvalue weighted by Crippen LogP contribution is 2.55. The van der Waals surface area contributed by atoms with Gasteiger partial charge in [-0.05, 0) is 6.42 Å². The van der Waals surface area contributed by atoms with E-state index in [9.17, 15) is 8.42 Å². The molecular weight excluding hydrogens is 336 g/mol. The van der Waals surface area contributed by atoms with E-state index in [1.54, 1.807) is 0 Å². The minimum atomic E-state index is -3.70. The van der Waals surface area contributed by atoms with Gasteiger partial charge < -0.3 is 4.52 Å². The lowest BCUT2D eigenvalue weighted by Gasteiger charge is -1.91. The Balaban J connectivity index is 1.54. The molecule has 1 aromatic carbocycles. The van der Waals surface area contributed by atoms with Gasteiger partial charge in [0.25, 0.3) is 0 Å². The molecule has 2 N–H and O–H groups in total. The van der Waals surface area contributed by atoms with Crippen molar-refractivity contribution >= 4 is 21.4 Å². The first-order chi connectivity index (χ1) is 11.0. The summed E-state index contributed by atoms with van der Waals surface area (Å²) in [4.78, 5) is 8.58. The second-order valence-electron chi connectivity index (χ2n) is 5.33. The van der Waals surface area contributed by atoms with Crippen LogP contribution in [0.4, 0.5) is 0 Å². The molecule has 9 heteroatoms. The van der Waals surface area contributed by atoms with Crippen molar-refractivity contribution in [2.45, 2.75) is 22.5 Å². The molecule has 0 amide bonds. The van der Waals surface area contributed by atoms with E-state index >= 15 is 0 Å². The number of aromatic nitrogens is 3. The summed E-state index contributed by atoms with van der Waals surface area (Å²) in [6, 6.07) is 9.58. The van der Waals surface area contributed by atoms with E-state index in [-0.39, 0.29) is 16.0 Å². The highest BCUT2D eigenvalue weighted by molar-refractivity contribution is 7.91. The van der Waals surface area contributed by atoms with Crippen molar-refractivity contribution in [3.05, 3.63) is 47.4 Å². The predicted octanol–water partition coefficient (Wildman–Crippen LogP) is 2.11. The van der Waals surface area contributed by atoms with Gasteiger partial charge in [0.05, 0.1) is 11.2 Å². The monoisotopic (exact) mass is 348 g/mol. The Morgan fingerprint density at radius 1 is 1.22 bits per heavy atom. The fourth-order valence-electron chi connectivity index (χ4n) is 2.41. The van der Waals surface area contributed by atoms with Crippen LogP contribution >= 0.6 is 11.3 Å². The molecule has 0 saturated heterocycles. The number of thiazole rings is 1. The summed E-state index contributed by atoms with van der Waals surface area (Å²) >= 11 is 1.10. The number of hydrogen-bond acceptors (Lipinski definition) is 7. The number of sulfonamides is 1. The highest BCUT2D eigenvalue weighted by Gasteiger charge is 2.46. The van der Waals surface area contributed by atoms with Gasteiger partial charge in [-0.1, -0.05) is 35.5 Å². The maximum Gasteiger partial charge on any atom is 0.249 e. The first-order valence-electron chi connectivity index (χ1n) is 6.90. The molecule has 23 heavy (non-hydrogen) atoms. The summed E-state index contributed by atoms with van der Waals surface area (Å²) in [6.45, 7) is 0. The lowest BCUT2D eigenvalue weighted by atomic mass is 10.2. The number of hydrogen-bond donors (Lipinski definition) is 1. The van der Waals surface area contributed by atoms with Crippen LogP contribution in [0.25, 0.3) is 11.4 Å². The molecule has 118 valence electrons. The molecule has 1 aliphatic rings. The van der Waals surface area contributed by atoms with E-state index < -0.39 is 10.0 Å². The normalized spacial score (nSPS) is 20.6. The van der Waals surface area contributed by atoms with Crippen LogP contribution in [0.5, 0.6) is 0 Å². The lowest BCUT2D eigenvalue weighted by Crippen LogP contribution is -2.09. The molecule has 1 saturated carbocycles. The van der Waals surface area contributed by atoms with Crippen molar-refractivity contribution in [1.29, 1.82) is 0 Å². The van der Waals surface area contributed by atoms with Crippen molar-refractivity contribution in [1.82, 2.24) is 15.1 Å². The van der Waals surface area contributed by atoms with Gasteiger partial charge in [-0.3, -0.25) is 0 Å². The zero-order valence-electron chi connectivity index (χ0n) is 11.8. The molecule has 0 radical (unpaired) electrons. The van der Waals surface area contributed by atoms with Crippen molar-refractivity contribution < 1.29 is 12.9 Å². The third-order valence-electron chi connectivity index (χ3n) is 3.68. The van der Waals surface area contributed by atoms with Gasteiger partial charge in [0.2, 0.25) is 21.7 Å². The second-order valence-corrected chi connectivity index (χ2v) is 8.18. The summed E-state index contributed by atoms with van der Waals surface area (Å²) in [7, 11) is -3.70. The minimum Gasteiger partial charge on any atom is -0.339 e. The van der Waals surface area contributed by atoms with E-state index in [1.165, 1.54) is 6.20 Å². The average Bonchev–Trinajstić information content (AvgIpc) is 2.99. The number of benzene rings is 1. The standard InChI is InChI=1S/C14H12N4O3S2/c15-23(19,20)11-7-16-14(22-11)10-6-9(10)13-17-12(18-21-13)8-4-2-1-3-5-8/h1-5,7,9-10H,6H2,(H2,15,19,20)/t9-,10-/m1/s1. The van der Waals surface area contributed by atoms with Gasteiger partial charge in [0.1, 0.15) is 0 Å². The van der Waals surface area contributed by atoms with Gasteiger partial charge in [-0.25, -0.2) is 18.5 Å². The van der Waals surface area contributed by atoms with Crippen molar-refractivity contribution in [3.8, 4) is 11.4 Å². The fourth-order valence-corrected chi connectivity index (χ4v) is 4.16. The third-order valence-corrected chi connectivity index (χ3v) is 6.22. The molecule has 3 aromatic rings. The zero-order valence-corrected chi connectivity index (χ0v) is 13.4. The summed E-state index contributed by atoms with van der Waals surface area (Å²) in [5, 5.41) is 9.84. The van der Waals surface area contributed by atoms with Crippen LogP contribution in [-0.4, -0.2) is 23.5 Å². The van der Waals surface area contributed by atoms with Gasteiger partial charge in [-0.2, -0.15) is 4.98 Å². The van der Waals surface area contributed by atoms with Gasteiger partial charge in [0.15, 0.2) is 4.21 Å². The van der Waals surface area contributed by atoms with Gasteiger partial charge in [0, 0.05) is 17.4 Å². The summed E-state index contributed by atoms with van der Waals surface area (Å²) < 4.78 is 28.0. The molecule has 2 heterocycles. The van der Waals surface area contributed by atoms with Gasteiger partial charge in [-0.15, -0.1) is 11.3 Å².